The molecule has 0 saturated carbocycles. The molecule has 140 valence electrons. The molecule has 1 aliphatic rings. The van der Waals surface area contributed by atoms with Crippen molar-refractivity contribution in [2.45, 2.75) is 20.0 Å². The van der Waals surface area contributed by atoms with Gasteiger partial charge >= 0.3 is 5.97 Å². The van der Waals surface area contributed by atoms with E-state index in [1.165, 1.54) is 12.1 Å². The summed E-state index contributed by atoms with van der Waals surface area (Å²) in [4.78, 5) is 23.1. The number of ether oxygens (including phenoxy) is 2. The summed E-state index contributed by atoms with van der Waals surface area (Å²) in [6, 6.07) is 9.74. The molecule has 0 aromatic heterocycles. The first-order valence-corrected chi connectivity index (χ1v) is 9.74. The number of nitrogens with zero attached hydrogens (tertiary/aromatic N) is 1. The maximum atomic E-state index is 12.6. The van der Waals surface area contributed by atoms with Gasteiger partial charge in [-0.3, -0.25) is 10.1 Å². The van der Waals surface area contributed by atoms with Crippen LogP contribution in [0.25, 0.3) is 5.76 Å². The van der Waals surface area contributed by atoms with Crippen LogP contribution < -0.4 is 0 Å². The molecule has 1 aliphatic heterocycles. The Bertz CT molecular complexity index is 938. The van der Waals surface area contributed by atoms with Crippen molar-refractivity contribution >= 4 is 49.3 Å². The van der Waals surface area contributed by atoms with Gasteiger partial charge in [0.05, 0.1) is 17.1 Å². The number of fused-ring (bicyclic) bond motifs is 1. The summed E-state index contributed by atoms with van der Waals surface area (Å²) in [6.07, 6.45) is 0.320. The fraction of sp³-hybridized carbons (Fsp3) is 0.211. The Morgan fingerprint density at radius 1 is 1.15 bits per heavy atom. The number of nitro groups is 1. The predicted molar refractivity (Wildman–Crippen MR) is 107 cm³/mol. The summed E-state index contributed by atoms with van der Waals surface area (Å²) in [5.41, 5.74) is 2.80. The Kier molecular flexibility index (Phi) is 5.96. The Morgan fingerprint density at radius 2 is 1.78 bits per heavy atom. The van der Waals surface area contributed by atoms with Crippen molar-refractivity contribution < 1.29 is 19.2 Å². The number of halogens is 2. The van der Waals surface area contributed by atoms with E-state index in [1.54, 1.807) is 19.1 Å². The smallest absolute Gasteiger partial charge is 0.338 e. The van der Waals surface area contributed by atoms with Crippen molar-refractivity contribution in [2.75, 3.05) is 6.61 Å². The van der Waals surface area contributed by atoms with Crippen molar-refractivity contribution in [1.29, 1.82) is 0 Å². The molecule has 3 rings (SSSR count). The molecule has 0 bridgehead atoms. The van der Waals surface area contributed by atoms with Crippen molar-refractivity contribution in [3.8, 4) is 0 Å². The molecule has 0 saturated heterocycles. The molecular weight excluding hydrogens is 482 g/mol. The SMILES string of the molecule is CCOC(=O)C1=C(c2ccc([N+](=O)[O-])cc2)OCc2c(Br)ccc(Br)c2C1. The molecule has 8 heteroatoms. The number of nitro benzene ring substituents is 1. The largest absolute Gasteiger partial charge is 0.488 e. The van der Waals surface area contributed by atoms with E-state index in [1.807, 2.05) is 12.1 Å². The van der Waals surface area contributed by atoms with Crippen LogP contribution in [0, 0.1) is 10.1 Å². The summed E-state index contributed by atoms with van der Waals surface area (Å²) in [6.45, 7) is 2.23. The van der Waals surface area contributed by atoms with E-state index in [9.17, 15) is 14.9 Å². The zero-order valence-electron chi connectivity index (χ0n) is 14.3. The van der Waals surface area contributed by atoms with Crippen molar-refractivity contribution in [1.82, 2.24) is 0 Å². The van der Waals surface area contributed by atoms with Crippen LogP contribution in [0.5, 0.6) is 0 Å². The molecule has 0 amide bonds. The lowest BCUT2D eigenvalue weighted by Gasteiger charge is -2.13. The third-order valence-electron chi connectivity index (χ3n) is 4.17. The molecule has 27 heavy (non-hydrogen) atoms. The first-order chi connectivity index (χ1) is 12.9. The van der Waals surface area contributed by atoms with E-state index >= 15 is 0 Å². The Morgan fingerprint density at radius 3 is 2.37 bits per heavy atom. The van der Waals surface area contributed by atoms with Gasteiger partial charge in [0.15, 0.2) is 0 Å². The number of hydrogen-bond acceptors (Lipinski definition) is 5. The van der Waals surface area contributed by atoms with Gasteiger partial charge in [-0.2, -0.15) is 0 Å². The zero-order chi connectivity index (χ0) is 19.6. The number of carbonyl (C=O) groups is 1. The quantitative estimate of drug-likeness (QED) is 0.331. The molecule has 0 fully saturated rings. The molecule has 0 aliphatic carbocycles. The molecule has 2 aromatic carbocycles. The first-order valence-electron chi connectivity index (χ1n) is 8.16. The minimum atomic E-state index is -0.470. The minimum Gasteiger partial charge on any atom is -0.488 e. The van der Waals surface area contributed by atoms with Crippen molar-refractivity contribution in [2.24, 2.45) is 0 Å². The first kappa shape index (κ1) is 19.6. The molecule has 0 unspecified atom stereocenters. The number of carbonyl (C=O) groups excluding carboxylic acids is 1. The fourth-order valence-electron chi connectivity index (χ4n) is 2.85. The van der Waals surface area contributed by atoms with Crippen LogP contribution in [-0.4, -0.2) is 17.5 Å². The molecule has 0 radical (unpaired) electrons. The van der Waals surface area contributed by atoms with Crippen LogP contribution in [-0.2, 0) is 27.3 Å². The molecule has 6 nitrogen and oxygen atoms in total. The van der Waals surface area contributed by atoms with Gasteiger partial charge in [0.2, 0.25) is 0 Å². The third kappa shape index (κ3) is 4.06. The number of benzene rings is 2. The summed E-state index contributed by atoms with van der Waals surface area (Å²) in [7, 11) is 0. The highest BCUT2D eigenvalue weighted by Crippen LogP contribution is 2.37. The van der Waals surface area contributed by atoms with Crippen LogP contribution >= 0.6 is 31.9 Å². The normalized spacial score (nSPS) is 13.4. The second-order valence-electron chi connectivity index (χ2n) is 5.78. The van der Waals surface area contributed by atoms with Crippen LogP contribution in [0.15, 0.2) is 50.9 Å². The van der Waals surface area contributed by atoms with Gasteiger partial charge in [-0.1, -0.05) is 31.9 Å². The Labute approximate surface area is 172 Å². The van der Waals surface area contributed by atoms with Crippen LogP contribution in [0.2, 0.25) is 0 Å². The van der Waals surface area contributed by atoms with Crippen LogP contribution in [0.3, 0.4) is 0 Å². The second kappa shape index (κ2) is 8.22. The van der Waals surface area contributed by atoms with Crippen molar-refractivity contribution in [3.05, 3.63) is 77.7 Å². The second-order valence-corrected chi connectivity index (χ2v) is 7.49. The highest BCUT2D eigenvalue weighted by Gasteiger charge is 2.27. The minimum absolute atomic E-state index is 0.0283. The number of non-ortho nitro benzene ring substituents is 1. The summed E-state index contributed by atoms with van der Waals surface area (Å²) >= 11 is 7.07. The Hall–Kier alpha value is -2.19. The molecular formula is C19H15Br2NO5. The van der Waals surface area contributed by atoms with Gasteiger partial charge in [-0.25, -0.2) is 4.79 Å². The maximum absolute atomic E-state index is 12.6. The average Bonchev–Trinajstić information content (AvgIpc) is 2.86. The van der Waals surface area contributed by atoms with Gasteiger partial charge < -0.3 is 9.47 Å². The van der Waals surface area contributed by atoms with E-state index in [-0.39, 0.29) is 18.9 Å². The van der Waals surface area contributed by atoms with E-state index < -0.39 is 10.9 Å². The Balaban J connectivity index is 2.11. The molecule has 0 N–H and O–H groups in total. The lowest BCUT2D eigenvalue weighted by molar-refractivity contribution is -0.384. The number of rotatable bonds is 4. The van der Waals surface area contributed by atoms with Gasteiger partial charge in [-0.15, -0.1) is 0 Å². The summed E-state index contributed by atoms with van der Waals surface area (Å²) < 4.78 is 13.0. The van der Waals surface area contributed by atoms with E-state index in [2.05, 4.69) is 31.9 Å². The predicted octanol–water partition coefficient (Wildman–Crippen LogP) is 5.17. The molecule has 1 heterocycles. The highest BCUT2D eigenvalue weighted by atomic mass is 79.9. The highest BCUT2D eigenvalue weighted by molar-refractivity contribution is 9.11. The average molecular weight is 497 g/mol. The molecule has 0 spiro atoms. The van der Waals surface area contributed by atoms with E-state index in [0.717, 1.165) is 20.1 Å². The van der Waals surface area contributed by atoms with E-state index in [0.29, 0.717) is 23.3 Å². The summed E-state index contributed by atoms with van der Waals surface area (Å²) in [5.74, 6) is -0.0936. The van der Waals surface area contributed by atoms with Crippen LogP contribution in [0.4, 0.5) is 5.69 Å². The fourth-order valence-corrected chi connectivity index (χ4v) is 3.84. The third-order valence-corrected chi connectivity index (χ3v) is 5.65. The lowest BCUT2D eigenvalue weighted by atomic mass is 9.98. The van der Waals surface area contributed by atoms with Gasteiger partial charge in [0.1, 0.15) is 12.4 Å². The van der Waals surface area contributed by atoms with Crippen molar-refractivity contribution in [3.63, 3.8) is 0 Å². The standard InChI is InChI=1S/C19H15Br2NO5/c1-2-26-19(23)14-9-13-15(17(21)8-7-16(13)20)10-27-18(14)11-3-5-12(6-4-11)22(24)25/h3-8H,2,9-10H2,1H3. The molecule has 2 aromatic rings. The van der Waals surface area contributed by atoms with Gasteiger partial charge in [0, 0.05) is 38.6 Å². The topological polar surface area (TPSA) is 78.7 Å². The summed E-state index contributed by atoms with van der Waals surface area (Å²) in [5, 5.41) is 10.9. The lowest BCUT2D eigenvalue weighted by Crippen LogP contribution is -2.12. The molecule has 0 atom stereocenters. The van der Waals surface area contributed by atoms with Crippen LogP contribution in [0.1, 0.15) is 23.6 Å². The zero-order valence-corrected chi connectivity index (χ0v) is 17.5. The maximum Gasteiger partial charge on any atom is 0.338 e. The number of hydrogen-bond donors (Lipinski definition) is 0. The monoisotopic (exact) mass is 495 g/mol. The van der Waals surface area contributed by atoms with E-state index in [4.69, 9.17) is 9.47 Å². The van der Waals surface area contributed by atoms with Gasteiger partial charge in [-0.05, 0) is 36.8 Å². The van der Waals surface area contributed by atoms with Gasteiger partial charge in [0.25, 0.3) is 5.69 Å². The number of esters is 1.